The summed E-state index contributed by atoms with van der Waals surface area (Å²) >= 11 is 5.74. The van der Waals surface area contributed by atoms with Gasteiger partial charge >= 0.3 is 5.97 Å². The van der Waals surface area contributed by atoms with Gasteiger partial charge in [0, 0.05) is 0 Å². The average Bonchev–Trinajstić information content (AvgIpc) is 2.04. The summed E-state index contributed by atoms with van der Waals surface area (Å²) in [5.41, 5.74) is 1.49. The van der Waals surface area contributed by atoms with Crippen LogP contribution in [0.1, 0.15) is 15.9 Å². The Hall–Kier alpha value is -0.720. The van der Waals surface area contributed by atoms with Gasteiger partial charge in [-0.1, -0.05) is 29.4 Å². The van der Waals surface area contributed by atoms with E-state index in [1.807, 2.05) is 17.9 Å². The molecule has 4 heteroatoms. The first kappa shape index (κ1) is 7.90. The second kappa shape index (κ2) is 2.96. The van der Waals surface area contributed by atoms with Crippen molar-refractivity contribution in [1.29, 1.82) is 0 Å². The van der Waals surface area contributed by atoms with E-state index in [9.17, 15) is 4.79 Å². The molecule has 0 fully saturated rings. The largest absolute Gasteiger partial charge is 0.432 e. The van der Waals surface area contributed by atoms with Crippen molar-refractivity contribution in [2.75, 3.05) is 0 Å². The number of rotatable bonds is 0. The predicted molar refractivity (Wildman–Crippen MR) is 51.2 cm³/mol. The Morgan fingerprint density at radius 2 is 2.08 bits per heavy atom. The summed E-state index contributed by atoms with van der Waals surface area (Å²) in [6.07, 6.45) is 0. The van der Waals surface area contributed by atoms with Gasteiger partial charge < -0.3 is 4.52 Å². The molecule has 2 rings (SSSR count). The van der Waals surface area contributed by atoms with Crippen LogP contribution in [0.15, 0.2) is 24.3 Å². The van der Waals surface area contributed by atoms with E-state index in [1.54, 1.807) is 12.1 Å². The molecule has 1 heterocycles. The summed E-state index contributed by atoms with van der Waals surface area (Å²) in [5.74, 6) is 1.50. The fourth-order valence-corrected chi connectivity index (χ4v) is 2.51. The van der Waals surface area contributed by atoms with Crippen LogP contribution in [0.4, 0.5) is 0 Å². The van der Waals surface area contributed by atoms with Crippen LogP contribution < -0.4 is 0 Å². The van der Waals surface area contributed by atoms with Crippen molar-refractivity contribution in [3.05, 3.63) is 35.4 Å². The zero-order valence-electron chi connectivity index (χ0n) is 6.08. The lowest BCUT2D eigenvalue weighted by Gasteiger charge is -2.12. The lowest BCUT2D eigenvalue weighted by molar-refractivity contribution is 0.0761. The number of hydrogen-bond acceptors (Lipinski definition) is 2. The summed E-state index contributed by atoms with van der Waals surface area (Å²) in [7, 11) is -1.56. The Labute approximate surface area is 75.4 Å². The normalized spacial score (nSPS) is 20.8. The molecule has 1 aliphatic rings. The van der Waals surface area contributed by atoms with Crippen LogP contribution in [0.5, 0.6) is 0 Å². The molecular weight excluding hydrogens is 195 g/mol. The lowest BCUT2D eigenvalue weighted by Crippen LogP contribution is -2.07. The van der Waals surface area contributed by atoms with Gasteiger partial charge in [0.15, 0.2) is 0 Å². The van der Waals surface area contributed by atoms with Crippen LogP contribution >= 0.6 is 18.4 Å². The van der Waals surface area contributed by atoms with E-state index in [-0.39, 0.29) is 5.97 Å². The lowest BCUT2D eigenvalue weighted by atomic mass is 10.1. The molecule has 1 aromatic rings. The highest BCUT2D eigenvalue weighted by molar-refractivity contribution is 7.79. The van der Waals surface area contributed by atoms with E-state index in [0.29, 0.717) is 5.56 Å². The second-order valence-electron chi connectivity index (χ2n) is 2.43. The standard InChI is InChI=1S/C8H6ClO2P/c9-12-5-6-3-1-2-4-7(6)8(10)11-12/h1-5,12H. The van der Waals surface area contributed by atoms with Gasteiger partial charge in [0.1, 0.15) is 7.12 Å². The van der Waals surface area contributed by atoms with Crippen molar-refractivity contribution in [3.63, 3.8) is 0 Å². The molecule has 0 spiro atoms. The highest BCUT2D eigenvalue weighted by Crippen LogP contribution is 2.36. The molecule has 2 nitrogen and oxygen atoms in total. The quantitative estimate of drug-likeness (QED) is 0.601. The summed E-state index contributed by atoms with van der Waals surface area (Å²) < 4.78 is 4.89. The second-order valence-corrected chi connectivity index (χ2v) is 4.64. The van der Waals surface area contributed by atoms with E-state index >= 15 is 0 Å². The van der Waals surface area contributed by atoms with Gasteiger partial charge in [0.25, 0.3) is 0 Å². The first-order valence-corrected chi connectivity index (χ1v) is 5.95. The molecule has 0 radical (unpaired) electrons. The van der Waals surface area contributed by atoms with E-state index in [0.717, 1.165) is 5.56 Å². The van der Waals surface area contributed by atoms with Crippen LogP contribution in [0.2, 0.25) is 0 Å². The summed E-state index contributed by atoms with van der Waals surface area (Å²) in [4.78, 5) is 11.2. The predicted octanol–water partition coefficient (Wildman–Crippen LogP) is 2.29. The van der Waals surface area contributed by atoms with E-state index < -0.39 is 7.12 Å². The molecule has 1 aromatic carbocycles. The Morgan fingerprint density at radius 1 is 1.33 bits per heavy atom. The van der Waals surface area contributed by atoms with Crippen LogP contribution in [-0.4, -0.2) is 11.8 Å². The molecular formula is C8H6ClO2P. The summed E-state index contributed by atoms with van der Waals surface area (Å²) in [5, 5.41) is 0. The molecule has 1 aliphatic heterocycles. The van der Waals surface area contributed by atoms with Crippen molar-refractivity contribution >= 4 is 30.1 Å². The molecule has 12 heavy (non-hydrogen) atoms. The van der Waals surface area contributed by atoms with Gasteiger partial charge in [-0.3, -0.25) is 0 Å². The van der Waals surface area contributed by atoms with Gasteiger partial charge in [0.05, 0.1) is 5.56 Å². The van der Waals surface area contributed by atoms with Crippen LogP contribution in [0, 0.1) is 0 Å². The van der Waals surface area contributed by atoms with Crippen molar-refractivity contribution in [3.8, 4) is 0 Å². The van der Waals surface area contributed by atoms with Gasteiger partial charge in [-0.2, -0.15) is 0 Å². The Kier molecular flexibility index (Phi) is 1.95. The first-order valence-electron chi connectivity index (χ1n) is 3.46. The van der Waals surface area contributed by atoms with Gasteiger partial charge in [-0.25, -0.2) is 4.79 Å². The van der Waals surface area contributed by atoms with Crippen molar-refractivity contribution in [2.24, 2.45) is 0 Å². The van der Waals surface area contributed by atoms with Crippen LogP contribution in [0.3, 0.4) is 0 Å². The monoisotopic (exact) mass is 200 g/mol. The first-order chi connectivity index (χ1) is 5.77. The van der Waals surface area contributed by atoms with E-state index in [1.165, 1.54) is 0 Å². The third-order valence-electron chi connectivity index (χ3n) is 1.64. The zero-order valence-corrected chi connectivity index (χ0v) is 7.84. The molecule has 0 amide bonds. The topological polar surface area (TPSA) is 26.3 Å². The molecule has 0 aromatic heterocycles. The number of carbonyl (C=O) groups is 1. The Bertz CT molecular complexity index is 373. The Balaban J connectivity index is 2.62. The number of benzene rings is 1. The molecule has 1 unspecified atom stereocenters. The molecule has 0 aliphatic carbocycles. The van der Waals surface area contributed by atoms with Crippen molar-refractivity contribution in [2.45, 2.75) is 0 Å². The maximum Gasteiger partial charge on any atom is 0.342 e. The molecule has 1 atom stereocenters. The minimum atomic E-state index is -1.56. The molecule has 0 saturated heterocycles. The van der Waals surface area contributed by atoms with Crippen LogP contribution in [0.25, 0.3) is 0 Å². The SMILES string of the molecule is O=C1O[PH](Cl)=Cc2ccccc21. The van der Waals surface area contributed by atoms with Crippen molar-refractivity contribution in [1.82, 2.24) is 0 Å². The smallest absolute Gasteiger partial charge is 0.342 e. The van der Waals surface area contributed by atoms with Crippen LogP contribution in [-0.2, 0) is 4.52 Å². The highest BCUT2D eigenvalue weighted by Gasteiger charge is 2.16. The summed E-state index contributed by atoms with van der Waals surface area (Å²) in [6.45, 7) is 0. The van der Waals surface area contributed by atoms with Gasteiger partial charge in [-0.15, -0.1) is 0 Å². The maximum atomic E-state index is 11.2. The van der Waals surface area contributed by atoms with Crippen molar-refractivity contribution < 1.29 is 9.32 Å². The van der Waals surface area contributed by atoms with Gasteiger partial charge in [0.2, 0.25) is 0 Å². The third kappa shape index (κ3) is 1.28. The summed E-state index contributed by atoms with van der Waals surface area (Å²) in [6, 6.07) is 7.28. The minimum Gasteiger partial charge on any atom is -0.432 e. The number of fused-ring (bicyclic) bond motifs is 1. The zero-order chi connectivity index (χ0) is 8.55. The molecule has 0 N–H and O–H groups in total. The average molecular weight is 201 g/mol. The van der Waals surface area contributed by atoms with E-state index in [2.05, 4.69) is 0 Å². The maximum absolute atomic E-state index is 11.2. The molecule has 62 valence electrons. The Morgan fingerprint density at radius 3 is 2.92 bits per heavy atom. The number of hydrogen-bond donors (Lipinski definition) is 0. The van der Waals surface area contributed by atoms with E-state index in [4.69, 9.17) is 15.8 Å². The molecule has 0 saturated carbocycles. The molecule has 0 bridgehead atoms. The minimum absolute atomic E-state index is 0.308. The highest BCUT2D eigenvalue weighted by atomic mass is 35.7. The number of carbonyl (C=O) groups excluding carboxylic acids is 1. The third-order valence-corrected chi connectivity index (χ3v) is 3.12. The fourth-order valence-electron chi connectivity index (χ4n) is 1.10. The number of halogens is 1. The van der Waals surface area contributed by atoms with Gasteiger partial charge in [-0.05, 0) is 17.4 Å². The fraction of sp³-hybridized carbons (Fsp3) is 0.